The molecular weight excluding hydrogens is 655 g/mol. The van der Waals surface area contributed by atoms with E-state index in [1.165, 1.54) is 49.7 Å². The molecule has 54 heavy (non-hydrogen) atoms. The molecule has 2 nitrogen and oxygen atoms in total. The monoisotopic (exact) mass is 695 g/mol. The minimum atomic E-state index is -0.208. The molecule has 0 saturated carbocycles. The second-order valence-electron chi connectivity index (χ2n) is 15.9. The van der Waals surface area contributed by atoms with Gasteiger partial charge in [-0.15, -0.1) is 0 Å². The van der Waals surface area contributed by atoms with Crippen LogP contribution in [0.15, 0.2) is 175 Å². The van der Waals surface area contributed by atoms with Crippen LogP contribution in [0.25, 0.3) is 60.5 Å². The third kappa shape index (κ3) is 4.53. The van der Waals surface area contributed by atoms with E-state index < -0.39 is 0 Å². The smallest absolute Gasteiger partial charge is 0.143 e. The third-order valence-corrected chi connectivity index (χ3v) is 12.2. The van der Waals surface area contributed by atoms with Gasteiger partial charge in [-0.3, -0.25) is 0 Å². The molecule has 0 unspecified atom stereocenters. The Kier molecular flexibility index (Phi) is 6.91. The van der Waals surface area contributed by atoms with Crippen molar-refractivity contribution in [3.63, 3.8) is 0 Å². The van der Waals surface area contributed by atoms with E-state index in [1.807, 2.05) is 6.08 Å². The fourth-order valence-electron chi connectivity index (χ4n) is 9.27. The number of nitrogens with zero attached hydrogens (tertiary/aromatic N) is 1. The highest BCUT2D eigenvalue weighted by Crippen LogP contribution is 2.53. The molecule has 2 aliphatic carbocycles. The van der Waals surface area contributed by atoms with E-state index in [2.05, 4.69) is 191 Å². The molecule has 7 aromatic carbocycles. The highest BCUT2D eigenvalue weighted by Gasteiger charge is 2.38. The Hall–Kier alpha value is -6.38. The van der Waals surface area contributed by atoms with Crippen LogP contribution in [0.4, 0.5) is 17.1 Å². The number of rotatable bonds is 5. The van der Waals surface area contributed by atoms with Crippen molar-refractivity contribution in [3.05, 3.63) is 193 Å². The molecule has 8 aromatic rings. The molecular formula is C52H41NO. The summed E-state index contributed by atoms with van der Waals surface area (Å²) in [6, 6.07) is 50.9. The molecule has 0 aliphatic heterocycles. The van der Waals surface area contributed by atoms with Crippen molar-refractivity contribution in [3.8, 4) is 22.3 Å². The summed E-state index contributed by atoms with van der Waals surface area (Å²) in [5, 5.41) is 4.59. The maximum Gasteiger partial charge on any atom is 0.143 e. The Morgan fingerprint density at radius 2 is 1.24 bits per heavy atom. The number of hydrogen-bond donors (Lipinski definition) is 0. The fourth-order valence-corrected chi connectivity index (χ4v) is 9.27. The Bertz CT molecular complexity index is 2920. The molecule has 0 amide bonds. The van der Waals surface area contributed by atoms with Crippen LogP contribution in [0.1, 0.15) is 49.9 Å². The summed E-state index contributed by atoms with van der Waals surface area (Å²) in [4.78, 5) is 2.36. The largest absolute Gasteiger partial charge is 0.455 e. The third-order valence-electron chi connectivity index (χ3n) is 12.2. The molecule has 0 fully saturated rings. The minimum Gasteiger partial charge on any atom is -0.455 e. The van der Waals surface area contributed by atoms with Gasteiger partial charge < -0.3 is 9.32 Å². The molecule has 10 rings (SSSR count). The van der Waals surface area contributed by atoms with Gasteiger partial charge in [-0.2, -0.15) is 0 Å². The van der Waals surface area contributed by atoms with Crippen LogP contribution in [0.2, 0.25) is 0 Å². The SMILES string of the molecule is C=C/C=C1\C(=C)C(C)(C)c2cc(N(c3ccccc3)c3ccc4oc5c(-c6ccc7c(c6)C(C)(C)c6ccccc6-7)c6ccccc6cc5c4c3)ccc21. The lowest BCUT2D eigenvalue weighted by Gasteiger charge is -2.28. The highest BCUT2D eigenvalue weighted by atomic mass is 16.3. The molecule has 2 heteroatoms. The first-order valence-electron chi connectivity index (χ1n) is 18.8. The number of furan rings is 1. The molecule has 0 atom stereocenters. The molecule has 1 heterocycles. The number of fused-ring (bicyclic) bond motifs is 8. The number of allylic oxidation sites excluding steroid dienone is 4. The highest BCUT2D eigenvalue weighted by molar-refractivity contribution is 6.19. The van der Waals surface area contributed by atoms with E-state index in [0.29, 0.717) is 0 Å². The van der Waals surface area contributed by atoms with Crippen molar-refractivity contribution in [2.75, 3.05) is 4.90 Å². The van der Waals surface area contributed by atoms with Gasteiger partial charge in [-0.05, 0) is 115 Å². The quantitative estimate of drug-likeness (QED) is 0.178. The summed E-state index contributed by atoms with van der Waals surface area (Å²) in [6.07, 6.45) is 3.95. The average molecular weight is 696 g/mol. The zero-order valence-corrected chi connectivity index (χ0v) is 31.2. The standard InChI is InChI=1S/C52H41NO/c1-7-15-38-32(2)51(3,4)47-31-37(23-26-41(38)47)53(35-17-9-8-10-18-35)36-24-27-48-43(30-36)44-28-33-16-11-12-19-39(33)49(50(44)54-48)34-22-25-42-40-20-13-14-21-45(40)52(5,6)46(42)29-34/h7-31H,1-2H2,3-6H3/b38-15+. The second kappa shape index (κ2) is 11.6. The lowest BCUT2D eigenvalue weighted by molar-refractivity contribution is 0.660. The second-order valence-corrected chi connectivity index (χ2v) is 15.9. The van der Waals surface area contributed by atoms with Crippen LogP contribution in [0, 0.1) is 0 Å². The summed E-state index contributed by atoms with van der Waals surface area (Å²) in [6.45, 7) is 17.7. The number of hydrogen-bond acceptors (Lipinski definition) is 2. The number of anilines is 3. The topological polar surface area (TPSA) is 16.4 Å². The van der Waals surface area contributed by atoms with E-state index in [-0.39, 0.29) is 10.8 Å². The predicted molar refractivity (Wildman–Crippen MR) is 229 cm³/mol. The summed E-state index contributed by atoms with van der Waals surface area (Å²) in [5.74, 6) is 0. The Morgan fingerprint density at radius 3 is 2.07 bits per heavy atom. The van der Waals surface area contributed by atoms with Gasteiger partial charge in [0.05, 0.1) is 0 Å². The molecule has 0 N–H and O–H groups in total. The molecule has 0 spiro atoms. The maximum absolute atomic E-state index is 6.92. The van der Waals surface area contributed by atoms with Gasteiger partial charge in [0.25, 0.3) is 0 Å². The number of para-hydroxylation sites is 1. The predicted octanol–water partition coefficient (Wildman–Crippen LogP) is 14.6. The summed E-state index contributed by atoms with van der Waals surface area (Å²) >= 11 is 0. The van der Waals surface area contributed by atoms with Crippen LogP contribution in [-0.2, 0) is 10.8 Å². The van der Waals surface area contributed by atoms with Crippen LogP contribution in [0.5, 0.6) is 0 Å². The molecule has 0 saturated heterocycles. The van der Waals surface area contributed by atoms with Gasteiger partial charge in [0, 0.05) is 44.2 Å². The molecule has 2 aliphatic rings. The molecule has 1 aromatic heterocycles. The van der Waals surface area contributed by atoms with Crippen LogP contribution in [0.3, 0.4) is 0 Å². The maximum atomic E-state index is 6.92. The van der Waals surface area contributed by atoms with Gasteiger partial charge in [-0.1, -0.05) is 138 Å². The number of benzene rings is 7. The first kappa shape index (κ1) is 32.3. The Balaban J connectivity index is 1.18. The molecule has 0 bridgehead atoms. The summed E-state index contributed by atoms with van der Waals surface area (Å²) in [5.41, 5.74) is 17.2. The van der Waals surface area contributed by atoms with Crippen molar-refractivity contribution >= 4 is 55.3 Å². The van der Waals surface area contributed by atoms with Crippen LogP contribution >= 0.6 is 0 Å². The summed E-state index contributed by atoms with van der Waals surface area (Å²) in [7, 11) is 0. The van der Waals surface area contributed by atoms with Gasteiger partial charge in [0.1, 0.15) is 11.2 Å². The lowest BCUT2D eigenvalue weighted by atomic mass is 9.81. The zero-order valence-electron chi connectivity index (χ0n) is 31.2. The van der Waals surface area contributed by atoms with Crippen molar-refractivity contribution in [1.29, 1.82) is 0 Å². The normalized spacial score (nSPS) is 15.9. The average Bonchev–Trinajstić information content (AvgIpc) is 3.73. The van der Waals surface area contributed by atoms with Crippen molar-refractivity contribution < 1.29 is 4.42 Å². The minimum absolute atomic E-state index is 0.0984. The molecule has 0 radical (unpaired) electrons. The first-order chi connectivity index (χ1) is 26.2. The van der Waals surface area contributed by atoms with Gasteiger partial charge in [0.2, 0.25) is 0 Å². The fraction of sp³-hybridized carbons (Fsp3) is 0.115. The molecule has 260 valence electrons. The van der Waals surface area contributed by atoms with E-state index >= 15 is 0 Å². The zero-order chi connectivity index (χ0) is 36.9. The lowest BCUT2D eigenvalue weighted by Crippen LogP contribution is -2.16. The van der Waals surface area contributed by atoms with Crippen LogP contribution in [-0.4, -0.2) is 0 Å². The van der Waals surface area contributed by atoms with E-state index in [9.17, 15) is 0 Å². The van der Waals surface area contributed by atoms with Crippen molar-refractivity contribution in [1.82, 2.24) is 0 Å². The Morgan fingerprint density at radius 1 is 0.556 bits per heavy atom. The van der Waals surface area contributed by atoms with Gasteiger partial charge >= 0.3 is 0 Å². The van der Waals surface area contributed by atoms with Crippen molar-refractivity contribution in [2.24, 2.45) is 0 Å². The van der Waals surface area contributed by atoms with Crippen molar-refractivity contribution in [2.45, 2.75) is 38.5 Å². The first-order valence-corrected chi connectivity index (χ1v) is 18.8. The summed E-state index contributed by atoms with van der Waals surface area (Å²) < 4.78 is 6.92. The van der Waals surface area contributed by atoms with Crippen LogP contribution < -0.4 is 4.90 Å². The Labute approximate surface area is 317 Å². The van der Waals surface area contributed by atoms with Gasteiger partial charge in [0.15, 0.2) is 0 Å². The van der Waals surface area contributed by atoms with E-state index in [1.54, 1.807) is 0 Å². The van der Waals surface area contributed by atoms with E-state index in [0.717, 1.165) is 55.7 Å². The van der Waals surface area contributed by atoms with Gasteiger partial charge in [-0.25, -0.2) is 0 Å². The van der Waals surface area contributed by atoms with E-state index in [4.69, 9.17) is 4.42 Å².